The number of nitrogens with one attached hydrogen (secondary N) is 1. The number of nitrogens with zero attached hydrogens (tertiary/aromatic N) is 1. The first-order valence-electron chi connectivity index (χ1n) is 6.70. The molecule has 0 aromatic heterocycles. The average molecular weight is 335 g/mol. The number of anilines is 1. The molecule has 1 amide bonds. The van der Waals surface area contributed by atoms with Crippen LogP contribution in [0.1, 0.15) is 13.8 Å². The number of amides is 1. The molecule has 0 saturated carbocycles. The van der Waals surface area contributed by atoms with Gasteiger partial charge in [0.15, 0.2) is 0 Å². The van der Waals surface area contributed by atoms with Gasteiger partial charge in [-0.15, -0.1) is 0 Å². The molecule has 118 valence electrons. The number of halogens is 2. The summed E-state index contributed by atoms with van der Waals surface area (Å²) < 4.78 is 10.1. The third kappa shape index (κ3) is 5.61. The number of carbonyl (C=O) groups is 1. The first-order valence-corrected chi connectivity index (χ1v) is 7.46. The first-order chi connectivity index (χ1) is 10.0. The minimum absolute atomic E-state index is 0.292. The van der Waals surface area contributed by atoms with E-state index in [-0.39, 0.29) is 0 Å². The molecule has 0 aliphatic heterocycles. The summed E-state index contributed by atoms with van der Waals surface area (Å²) in [5.74, 6) is 0.519. The van der Waals surface area contributed by atoms with Crippen molar-refractivity contribution >= 4 is 35.0 Å². The van der Waals surface area contributed by atoms with E-state index in [0.29, 0.717) is 34.6 Å². The second-order valence-electron chi connectivity index (χ2n) is 4.25. The van der Waals surface area contributed by atoms with Crippen molar-refractivity contribution in [3.8, 4) is 5.75 Å². The zero-order valence-electron chi connectivity index (χ0n) is 12.4. The quantitative estimate of drug-likeness (QED) is 0.821. The lowest BCUT2D eigenvalue weighted by atomic mass is 10.3. The van der Waals surface area contributed by atoms with Gasteiger partial charge in [-0.2, -0.15) is 0 Å². The van der Waals surface area contributed by atoms with Gasteiger partial charge in [0.25, 0.3) is 0 Å². The molecule has 0 aliphatic carbocycles. The molecule has 0 heterocycles. The van der Waals surface area contributed by atoms with E-state index in [1.807, 2.05) is 0 Å². The number of benzene rings is 1. The zero-order valence-corrected chi connectivity index (χ0v) is 13.9. The lowest BCUT2D eigenvalue weighted by Gasteiger charge is -2.17. The fourth-order valence-electron chi connectivity index (χ4n) is 1.73. The van der Waals surface area contributed by atoms with Gasteiger partial charge in [-0.1, -0.05) is 37.0 Å². The fourth-order valence-corrected chi connectivity index (χ4v) is 2.29. The zero-order chi connectivity index (χ0) is 15.8. The van der Waals surface area contributed by atoms with Crippen LogP contribution in [0.2, 0.25) is 10.0 Å². The third-order valence-electron chi connectivity index (χ3n) is 3.01. The van der Waals surface area contributed by atoms with Crippen molar-refractivity contribution < 1.29 is 14.3 Å². The van der Waals surface area contributed by atoms with Crippen molar-refractivity contribution in [1.82, 2.24) is 4.90 Å². The Morgan fingerprint density at radius 2 is 1.81 bits per heavy atom. The Hall–Kier alpha value is -1.17. The van der Waals surface area contributed by atoms with E-state index in [0.717, 1.165) is 13.1 Å². The Bertz CT molecular complexity index is 456. The highest BCUT2D eigenvalue weighted by Gasteiger charge is 2.13. The van der Waals surface area contributed by atoms with E-state index in [1.165, 1.54) is 7.11 Å². The van der Waals surface area contributed by atoms with Gasteiger partial charge < -0.3 is 14.4 Å². The number of likely N-dealkylation sites (N-methyl/N-ethyl adjacent to an activating group) is 1. The van der Waals surface area contributed by atoms with E-state index < -0.39 is 6.09 Å². The summed E-state index contributed by atoms with van der Waals surface area (Å²) in [6, 6.07) is 3.14. The number of hydrogen-bond donors (Lipinski definition) is 1. The number of ether oxygens (including phenoxy) is 2. The van der Waals surface area contributed by atoms with Crippen molar-refractivity contribution in [2.45, 2.75) is 13.8 Å². The van der Waals surface area contributed by atoms with Gasteiger partial charge >= 0.3 is 6.09 Å². The minimum Gasteiger partial charge on any atom is -0.497 e. The molecule has 1 aromatic carbocycles. The number of rotatable bonds is 7. The molecular weight excluding hydrogens is 315 g/mol. The maximum atomic E-state index is 11.7. The van der Waals surface area contributed by atoms with Gasteiger partial charge in [0.05, 0.1) is 22.8 Å². The molecule has 0 spiro atoms. The normalized spacial score (nSPS) is 10.6. The third-order valence-corrected chi connectivity index (χ3v) is 3.61. The minimum atomic E-state index is -0.587. The lowest BCUT2D eigenvalue weighted by Crippen LogP contribution is -2.28. The fraction of sp³-hybridized carbons (Fsp3) is 0.500. The average Bonchev–Trinajstić information content (AvgIpc) is 2.47. The van der Waals surface area contributed by atoms with Crippen LogP contribution < -0.4 is 10.1 Å². The van der Waals surface area contributed by atoms with E-state index in [2.05, 4.69) is 24.1 Å². The molecular formula is C14H20Cl2N2O3. The van der Waals surface area contributed by atoms with Gasteiger partial charge in [0.2, 0.25) is 0 Å². The van der Waals surface area contributed by atoms with E-state index >= 15 is 0 Å². The van der Waals surface area contributed by atoms with Crippen molar-refractivity contribution in [1.29, 1.82) is 0 Å². The monoisotopic (exact) mass is 334 g/mol. The molecule has 7 heteroatoms. The summed E-state index contributed by atoms with van der Waals surface area (Å²) in [4.78, 5) is 13.9. The van der Waals surface area contributed by atoms with Crippen LogP contribution in [0.15, 0.2) is 12.1 Å². The molecule has 1 rings (SSSR count). The number of methoxy groups -OCH3 is 1. The molecule has 0 fully saturated rings. The van der Waals surface area contributed by atoms with E-state index in [9.17, 15) is 4.79 Å². The summed E-state index contributed by atoms with van der Waals surface area (Å²) >= 11 is 12.1. The van der Waals surface area contributed by atoms with Crippen molar-refractivity contribution in [2.75, 3.05) is 38.7 Å². The van der Waals surface area contributed by atoms with Crippen LogP contribution in [0.4, 0.5) is 10.5 Å². The lowest BCUT2D eigenvalue weighted by molar-refractivity contribution is 0.142. The predicted octanol–water partition coefficient (Wildman–Crippen LogP) is 3.89. The largest absolute Gasteiger partial charge is 0.497 e. The van der Waals surface area contributed by atoms with Crippen LogP contribution in [0.5, 0.6) is 5.75 Å². The molecule has 21 heavy (non-hydrogen) atoms. The smallest absolute Gasteiger partial charge is 0.411 e. The second-order valence-corrected chi connectivity index (χ2v) is 5.07. The molecule has 0 radical (unpaired) electrons. The summed E-state index contributed by atoms with van der Waals surface area (Å²) in [6.45, 7) is 6.93. The summed E-state index contributed by atoms with van der Waals surface area (Å²) in [6.07, 6.45) is -0.587. The summed E-state index contributed by atoms with van der Waals surface area (Å²) in [7, 11) is 1.51. The number of hydrogen-bond acceptors (Lipinski definition) is 4. The predicted molar refractivity (Wildman–Crippen MR) is 85.8 cm³/mol. The van der Waals surface area contributed by atoms with Gasteiger partial charge in [-0.05, 0) is 13.1 Å². The van der Waals surface area contributed by atoms with Gasteiger partial charge in [-0.25, -0.2) is 4.79 Å². The second kappa shape index (κ2) is 8.97. The summed E-state index contributed by atoms with van der Waals surface area (Å²) in [5, 5.41) is 3.12. The molecule has 0 unspecified atom stereocenters. The van der Waals surface area contributed by atoms with Crippen LogP contribution >= 0.6 is 23.2 Å². The van der Waals surface area contributed by atoms with Crippen LogP contribution in [0, 0.1) is 0 Å². The molecule has 1 N–H and O–H groups in total. The Morgan fingerprint density at radius 3 is 2.29 bits per heavy atom. The maximum absolute atomic E-state index is 11.7. The molecule has 0 saturated heterocycles. The van der Waals surface area contributed by atoms with E-state index in [1.54, 1.807) is 12.1 Å². The van der Waals surface area contributed by atoms with E-state index in [4.69, 9.17) is 32.7 Å². The molecule has 0 atom stereocenters. The van der Waals surface area contributed by atoms with Crippen molar-refractivity contribution in [2.24, 2.45) is 0 Å². The number of carbonyl (C=O) groups excluding carboxylic acids is 1. The standard InChI is InChI=1S/C14H20Cl2N2O3/c1-4-18(5-2)6-7-21-14(19)17-13-11(15)8-10(20-3)9-12(13)16/h8-9H,4-7H2,1-3H3,(H,17,19). The molecule has 0 bridgehead atoms. The molecule has 5 nitrogen and oxygen atoms in total. The summed E-state index contributed by atoms with van der Waals surface area (Å²) in [5.41, 5.74) is 0.312. The van der Waals surface area contributed by atoms with Crippen molar-refractivity contribution in [3.63, 3.8) is 0 Å². The van der Waals surface area contributed by atoms with Crippen LogP contribution in [-0.4, -0.2) is 44.3 Å². The molecule has 1 aromatic rings. The van der Waals surface area contributed by atoms with Crippen LogP contribution in [-0.2, 0) is 4.74 Å². The van der Waals surface area contributed by atoms with Gasteiger partial charge in [0.1, 0.15) is 12.4 Å². The van der Waals surface area contributed by atoms with Crippen LogP contribution in [0.3, 0.4) is 0 Å². The highest BCUT2D eigenvalue weighted by molar-refractivity contribution is 6.39. The topological polar surface area (TPSA) is 50.8 Å². The Morgan fingerprint density at radius 1 is 1.24 bits per heavy atom. The maximum Gasteiger partial charge on any atom is 0.411 e. The Balaban J connectivity index is 2.55. The molecule has 0 aliphatic rings. The van der Waals surface area contributed by atoms with Gasteiger partial charge in [-0.3, -0.25) is 5.32 Å². The van der Waals surface area contributed by atoms with Gasteiger partial charge in [0, 0.05) is 18.7 Å². The highest BCUT2D eigenvalue weighted by atomic mass is 35.5. The van der Waals surface area contributed by atoms with Crippen LogP contribution in [0.25, 0.3) is 0 Å². The Labute approximate surface area is 135 Å². The van der Waals surface area contributed by atoms with Crippen molar-refractivity contribution in [3.05, 3.63) is 22.2 Å². The Kier molecular flexibility index (Phi) is 7.64. The first kappa shape index (κ1) is 17.9. The highest BCUT2D eigenvalue weighted by Crippen LogP contribution is 2.34. The SMILES string of the molecule is CCN(CC)CCOC(=O)Nc1c(Cl)cc(OC)cc1Cl.